The fourth-order valence-electron chi connectivity index (χ4n) is 2.37. The smallest absolute Gasteiger partial charge is 0.240 e. The first-order valence-electron chi connectivity index (χ1n) is 6.90. The molecule has 5 nitrogen and oxygen atoms in total. The van der Waals surface area contributed by atoms with Crippen molar-refractivity contribution in [2.75, 3.05) is 13.1 Å². The lowest BCUT2D eigenvalue weighted by atomic mass is 10.2. The molecule has 1 aliphatic heterocycles. The van der Waals surface area contributed by atoms with Gasteiger partial charge in [0, 0.05) is 13.1 Å². The van der Waals surface area contributed by atoms with E-state index in [0.717, 1.165) is 12.8 Å². The Hall–Kier alpha value is -1.47. The Morgan fingerprint density at radius 1 is 1.29 bits per heavy atom. The number of hydrogen-bond donors (Lipinski definition) is 1. The Bertz CT molecular complexity index is 595. The van der Waals surface area contributed by atoms with Crippen molar-refractivity contribution in [2.45, 2.75) is 31.6 Å². The van der Waals surface area contributed by atoms with Crippen LogP contribution < -0.4 is 4.72 Å². The minimum atomic E-state index is -3.64. The van der Waals surface area contributed by atoms with Gasteiger partial charge in [0.05, 0.1) is 11.8 Å². The molecule has 7 heteroatoms. The molecule has 21 heavy (non-hydrogen) atoms. The summed E-state index contributed by atoms with van der Waals surface area (Å²) in [4.78, 5) is 13.7. The predicted molar refractivity (Wildman–Crippen MR) is 77.4 cm³/mol. The summed E-state index contributed by atoms with van der Waals surface area (Å²) in [5.41, 5.74) is 0.477. The van der Waals surface area contributed by atoms with Crippen molar-refractivity contribution in [1.29, 1.82) is 0 Å². The maximum Gasteiger partial charge on any atom is 0.240 e. The van der Waals surface area contributed by atoms with E-state index in [1.807, 2.05) is 0 Å². The molecule has 0 aliphatic carbocycles. The average molecular weight is 314 g/mol. The van der Waals surface area contributed by atoms with Gasteiger partial charge >= 0.3 is 0 Å². The molecule has 1 heterocycles. The van der Waals surface area contributed by atoms with Crippen LogP contribution in [-0.4, -0.2) is 38.4 Å². The van der Waals surface area contributed by atoms with E-state index in [-0.39, 0.29) is 11.7 Å². The third-order valence-electron chi connectivity index (χ3n) is 3.41. The number of likely N-dealkylation sites (tertiary alicyclic amines) is 1. The second-order valence-corrected chi connectivity index (χ2v) is 7.01. The molecular formula is C14H19FN2O3S. The van der Waals surface area contributed by atoms with Crippen LogP contribution in [0.5, 0.6) is 0 Å². The standard InChI is InChI=1S/C14H19FN2O3S/c1-11(14(18)17-8-2-3-9-17)16-21(19,20)10-12-4-6-13(15)7-5-12/h4-7,11,16H,2-3,8-10H2,1H3/t11-/m1/s1. The highest BCUT2D eigenvalue weighted by Gasteiger charge is 2.26. The fourth-order valence-corrected chi connectivity index (χ4v) is 3.73. The summed E-state index contributed by atoms with van der Waals surface area (Å²) in [6, 6.07) is 4.48. The minimum absolute atomic E-state index is 0.199. The minimum Gasteiger partial charge on any atom is -0.341 e. The summed E-state index contributed by atoms with van der Waals surface area (Å²) in [6.07, 6.45) is 1.92. The molecule has 1 fully saturated rings. The maximum atomic E-state index is 12.8. The van der Waals surface area contributed by atoms with Gasteiger partial charge in [-0.2, -0.15) is 0 Å². The Labute approximate surface area is 124 Å². The van der Waals surface area contributed by atoms with Gasteiger partial charge < -0.3 is 4.90 Å². The molecule has 1 amide bonds. The van der Waals surface area contributed by atoms with Crippen LogP contribution in [0.1, 0.15) is 25.3 Å². The van der Waals surface area contributed by atoms with Crippen LogP contribution in [0, 0.1) is 5.82 Å². The second kappa shape index (κ2) is 6.53. The normalized spacial score (nSPS) is 17.0. The lowest BCUT2D eigenvalue weighted by Crippen LogP contribution is -2.46. The van der Waals surface area contributed by atoms with Crippen molar-refractivity contribution in [3.8, 4) is 0 Å². The van der Waals surface area contributed by atoms with Crippen molar-refractivity contribution in [3.05, 3.63) is 35.6 Å². The van der Waals surface area contributed by atoms with Crippen LogP contribution in [0.3, 0.4) is 0 Å². The van der Waals surface area contributed by atoms with Gasteiger partial charge in [0.25, 0.3) is 0 Å². The van der Waals surface area contributed by atoms with Crippen LogP contribution in [0.2, 0.25) is 0 Å². The first kappa shape index (κ1) is 15.9. The molecule has 1 aromatic carbocycles. The first-order valence-corrected chi connectivity index (χ1v) is 8.56. The molecule has 0 saturated carbocycles. The molecule has 0 radical (unpaired) electrons. The van der Waals surface area contributed by atoms with E-state index in [9.17, 15) is 17.6 Å². The largest absolute Gasteiger partial charge is 0.341 e. The van der Waals surface area contributed by atoms with Gasteiger partial charge in [-0.05, 0) is 37.5 Å². The topological polar surface area (TPSA) is 66.5 Å². The van der Waals surface area contributed by atoms with E-state index in [1.165, 1.54) is 24.3 Å². The molecule has 1 saturated heterocycles. The summed E-state index contributed by atoms with van der Waals surface area (Å²) in [7, 11) is -3.64. The van der Waals surface area contributed by atoms with Crippen LogP contribution in [-0.2, 0) is 20.6 Å². The van der Waals surface area contributed by atoms with Gasteiger partial charge in [-0.3, -0.25) is 4.79 Å². The van der Waals surface area contributed by atoms with Crippen molar-refractivity contribution in [3.63, 3.8) is 0 Å². The summed E-state index contributed by atoms with van der Waals surface area (Å²) < 4.78 is 39.3. The van der Waals surface area contributed by atoms with Gasteiger partial charge in [0.1, 0.15) is 5.82 Å². The average Bonchev–Trinajstić information content (AvgIpc) is 2.93. The maximum absolute atomic E-state index is 12.8. The lowest BCUT2D eigenvalue weighted by Gasteiger charge is -2.21. The number of halogens is 1. The number of benzene rings is 1. The highest BCUT2D eigenvalue weighted by Crippen LogP contribution is 2.11. The Morgan fingerprint density at radius 3 is 2.43 bits per heavy atom. The van der Waals surface area contributed by atoms with Gasteiger partial charge in [0.15, 0.2) is 0 Å². The van der Waals surface area contributed by atoms with Crippen LogP contribution >= 0.6 is 0 Å². The number of hydrogen-bond acceptors (Lipinski definition) is 3. The van der Waals surface area contributed by atoms with E-state index in [0.29, 0.717) is 18.7 Å². The zero-order chi connectivity index (χ0) is 15.5. The van der Waals surface area contributed by atoms with E-state index < -0.39 is 21.9 Å². The highest BCUT2D eigenvalue weighted by molar-refractivity contribution is 7.88. The number of rotatable bonds is 5. The molecular weight excluding hydrogens is 295 g/mol. The molecule has 0 bridgehead atoms. The van der Waals surface area contributed by atoms with Crippen molar-refractivity contribution >= 4 is 15.9 Å². The SMILES string of the molecule is C[C@@H](NS(=O)(=O)Cc1ccc(F)cc1)C(=O)N1CCCC1. The molecule has 116 valence electrons. The number of carbonyl (C=O) groups is 1. The van der Waals surface area contributed by atoms with Crippen LogP contribution in [0.25, 0.3) is 0 Å². The first-order chi connectivity index (χ1) is 9.87. The second-order valence-electron chi connectivity index (χ2n) is 5.26. The van der Waals surface area contributed by atoms with Crippen LogP contribution in [0.15, 0.2) is 24.3 Å². The van der Waals surface area contributed by atoms with Crippen molar-refractivity contribution in [1.82, 2.24) is 9.62 Å². The van der Waals surface area contributed by atoms with Crippen molar-refractivity contribution in [2.24, 2.45) is 0 Å². The number of carbonyl (C=O) groups excluding carboxylic acids is 1. The molecule has 1 atom stereocenters. The Kier molecular flexibility index (Phi) is 4.95. The van der Waals surface area contributed by atoms with Crippen molar-refractivity contribution < 1.29 is 17.6 Å². The molecule has 1 aliphatic rings. The summed E-state index contributed by atoms with van der Waals surface area (Å²) in [6.45, 7) is 2.91. The van der Waals surface area contributed by atoms with Gasteiger partial charge in [-0.15, -0.1) is 0 Å². The molecule has 0 spiro atoms. The highest BCUT2D eigenvalue weighted by atomic mass is 32.2. The predicted octanol–water partition coefficient (Wildman–Crippen LogP) is 1.26. The Balaban J connectivity index is 1.96. The van der Waals surface area contributed by atoms with Gasteiger partial charge in [-0.25, -0.2) is 17.5 Å². The quantitative estimate of drug-likeness (QED) is 0.889. The van der Waals surface area contributed by atoms with E-state index in [4.69, 9.17) is 0 Å². The molecule has 1 N–H and O–H groups in total. The zero-order valence-corrected chi connectivity index (χ0v) is 12.7. The van der Waals surface area contributed by atoms with E-state index >= 15 is 0 Å². The molecule has 0 unspecified atom stereocenters. The molecule has 1 aromatic rings. The molecule has 0 aromatic heterocycles. The van der Waals surface area contributed by atoms with Crippen LogP contribution in [0.4, 0.5) is 4.39 Å². The molecule has 2 rings (SSSR count). The zero-order valence-electron chi connectivity index (χ0n) is 11.9. The summed E-state index contributed by atoms with van der Waals surface area (Å²) >= 11 is 0. The lowest BCUT2D eigenvalue weighted by molar-refractivity contribution is -0.131. The number of amides is 1. The van der Waals surface area contributed by atoms with Gasteiger partial charge in [-0.1, -0.05) is 12.1 Å². The number of sulfonamides is 1. The Morgan fingerprint density at radius 2 is 1.86 bits per heavy atom. The van der Waals surface area contributed by atoms with E-state index in [1.54, 1.807) is 11.8 Å². The third kappa shape index (κ3) is 4.50. The fraction of sp³-hybridized carbons (Fsp3) is 0.500. The van der Waals surface area contributed by atoms with E-state index in [2.05, 4.69) is 4.72 Å². The summed E-state index contributed by atoms with van der Waals surface area (Å²) in [5.74, 6) is -0.887. The number of nitrogens with one attached hydrogen (secondary N) is 1. The summed E-state index contributed by atoms with van der Waals surface area (Å²) in [5, 5.41) is 0. The number of nitrogens with zero attached hydrogens (tertiary/aromatic N) is 1. The van der Waals surface area contributed by atoms with Gasteiger partial charge in [0.2, 0.25) is 15.9 Å². The monoisotopic (exact) mass is 314 g/mol. The third-order valence-corrected chi connectivity index (χ3v) is 4.84.